The van der Waals surface area contributed by atoms with Gasteiger partial charge >= 0.3 is 0 Å². The number of carbonyl (C=O) groups excluding carboxylic acids is 2. The fourth-order valence-corrected chi connectivity index (χ4v) is 4.18. The number of hydrogen-bond acceptors (Lipinski definition) is 7. The van der Waals surface area contributed by atoms with Crippen molar-refractivity contribution in [1.29, 1.82) is 0 Å². The van der Waals surface area contributed by atoms with E-state index >= 15 is 0 Å². The van der Waals surface area contributed by atoms with E-state index in [-0.39, 0.29) is 45.8 Å². The Morgan fingerprint density at radius 3 is 2.39 bits per heavy atom. The second-order valence-electron chi connectivity index (χ2n) is 6.72. The van der Waals surface area contributed by atoms with E-state index in [9.17, 15) is 14.7 Å². The predicted molar refractivity (Wildman–Crippen MR) is 114 cm³/mol. The van der Waals surface area contributed by atoms with Gasteiger partial charge in [-0.2, -0.15) is 0 Å². The molecule has 0 bridgehead atoms. The Labute approximate surface area is 188 Å². The summed E-state index contributed by atoms with van der Waals surface area (Å²) in [6, 6.07) is 3.73. The van der Waals surface area contributed by atoms with Crippen LogP contribution in [-0.4, -0.2) is 56.2 Å². The molecule has 1 fully saturated rings. The van der Waals surface area contributed by atoms with Crippen molar-refractivity contribution in [2.24, 2.45) is 0 Å². The molecule has 0 saturated carbocycles. The number of aliphatic hydroxyl groups excluding tert-OH is 1. The summed E-state index contributed by atoms with van der Waals surface area (Å²) >= 11 is 12.6. The van der Waals surface area contributed by atoms with E-state index in [1.165, 1.54) is 32.3 Å². The van der Waals surface area contributed by atoms with E-state index in [0.29, 0.717) is 11.5 Å². The zero-order valence-electron chi connectivity index (χ0n) is 17.3. The monoisotopic (exact) mass is 469 g/mol. The van der Waals surface area contributed by atoms with Crippen molar-refractivity contribution >= 4 is 40.7 Å². The van der Waals surface area contributed by atoms with Crippen LogP contribution in [0.5, 0.6) is 11.5 Å². The average molecular weight is 470 g/mol. The Bertz CT molecular complexity index is 1060. The summed E-state index contributed by atoms with van der Waals surface area (Å²) < 4.78 is 21.3. The fourth-order valence-electron chi connectivity index (χ4n) is 3.49. The average Bonchev–Trinajstić information content (AvgIpc) is 3.27. The second kappa shape index (κ2) is 9.21. The molecule has 166 valence electrons. The summed E-state index contributed by atoms with van der Waals surface area (Å²) in [7, 11) is 4.21. The maximum Gasteiger partial charge on any atom is 0.295 e. The lowest BCUT2D eigenvalue weighted by molar-refractivity contribution is -0.140. The van der Waals surface area contributed by atoms with Crippen LogP contribution < -0.4 is 9.47 Å². The van der Waals surface area contributed by atoms with Crippen LogP contribution in [0.1, 0.15) is 23.1 Å². The van der Waals surface area contributed by atoms with Crippen LogP contribution >= 0.6 is 23.2 Å². The number of ketones is 1. The molecule has 1 N–H and O–H groups in total. The van der Waals surface area contributed by atoms with Crippen LogP contribution in [0.2, 0.25) is 10.0 Å². The molecule has 2 aromatic rings. The number of ether oxygens (including phenoxy) is 3. The summed E-state index contributed by atoms with van der Waals surface area (Å²) in [5.41, 5.74) is -0.137. The number of hydrogen-bond donors (Lipinski definition) is 1. The zero-order valence-corrected chi connectivity index (χ0v) is 18.8. The molecule has 3 rings (SSSR count). The first-order valence-electron chi connectivity index (χ1n) is 9.20. The van der Waals surface area contributed by atoms with Gasteiger partial charge in [-0.15, -0.1) is 0 Å². The quantitative estimate of drug-likeness (QED) is 0.371. The Balaban J connectivity index is 2.26. The largest absolute Gasteiger partial charge is 0.507 e. The molecule has 31 heavy (non-hydrogen) atoms. The van der Waals surface area contributed by atoms with Gasteiger partial charge in [-0.25, -0.2) is 0 Å². The Morgan fingerprint density at radius 1 is 1.16 bits per heavy atom. The number of rotatable bonds is 7. The van der Waals surface area contributed by atoms with Gasteiger partial charge in [-0.05, 0) is 25.1 Å². The Morgan fingerprint density at radius 2 is 1.84 bits per heavy atom. The molecule has 1 unspecified atom stereocenters. The van der Waals surface area contributed by atoms with Crippen molar-refractivity contribution in [3.8, 4) is 11.5 Å². The molecule has 1 atom stereocenters. The summed E-state index contributed by atoms with van der Waals surface area (Å²) in [6.45, 7) is 2.03. The smallest absolute Gasteiger partial charge is 0.295 e. The molecular formula is C21H21Cl2NO7. The van der Waals surface area contributed by atoms with Gasteiger partial charge in [0.25, 0.3) is 11.7 Å². The third kappa shape index (κ3) is 3.98. The number of methoxy groups -OCH3 is 3. The second-order valence-corrected chi connectivity index (χ2v) is 7.51. The summed E-state index contributed by atoms with van der Waals surface area (Å²) in [4.78, 5) is 27.0. The van der Waals surface area contributed by atoms with Crippen molar-refractivity contribution in [2.75, 3.05) is 34.5 Å². The lowest BCUT2D eigenvalue weighted by atomic mass is 9.98. The van der Waals surface area contributed by atoms with Crippen molar-refractivity contribution in [2.45, 2.75) is 13.0 Å². The number of likely N-dealkylation sites (tertiary alicyclic amines) is 1. The molecule has 1 amide bonds. The van der Waals surface area contributed by atoms with Gasteiger partial charge in [0, 0.05) is 13.7 Å². The van der Waals surface area contributed by atoms with Crippen LogP contribution in [-0.2, 0) is 14.3 Å². The molecule has 1 saturated heterocycles. The van der Waals surface area contributed by atoms with Gasteiger partial charge in [0.2, 0.25) is 0 Å². The minimum atomic E-state index is -0.965. The lowest BCUT2D eigenvalue weighted by Crippen LogP contribution is -2.32. The molecule has 10 heteroatoms. The molecule has 1 aromatic heterocycles. The molecule has 0 aliphatic carbocycles. The fraction of sp³-hybridized carbons (Fsp3) is 0.333. The highest BCUT2D eigenvalue weighted by Crippen LogP contribution is 2.47. The SMILES string of the molecule is COCCN1C(=O)C(=O)/C(=C(/O)c2cc(Cl)c(OC)c(Cl)c2OC)C1c1ccc(C)o1. The number of nitrogens with zero attached hydrogens (tertiary/aromatic N) is 1. The first kappa shape index (κ1) is 23.0. The first-order valence-corrected chi connectivity index (χ1v) is 9.96. The van der Waals surface area contributed by atoms with E-state index in [1.807, 2.05) is 0 Å². The number of aryl methyl sites for hydroxylation is 1. The minimum Gasteiger partial charge on any atom is -0.507 e. The zero-order chi connectivity index (χ0) is 22.9. The molecule has 8 nitrogen and oxygen atoms in total. The van der Waals surface area contributed by atoms with Gasteiger partial charge in [-0.1, -0.05) is 23.2 Å². The minimum absolute atomic E-state index is 0.0121. The molecular weight excluding hydrogens is 449 g/mol. The van der Waals surface area contributed by atoms with Gasteiger partial charge in [0.1, 0.15) is 28.3 Å². The molecule has 1 aliphatic rings. The third-order valence-electron chi connectivity index (χ3n) is 4.90. The van der Waals surface area contributed by atoms with E-state index in [4.69, 9.17) is 41.8 Å². The van der Waals surface area contributed by atoms with Gasteiger partial charge < -0.3 is 28.6 Å². The summed E-state index contributed by atoms with van der Waals surface area (Å²) in [5.74, 6) is -1.08. The highest BCUT2D eigenvalue weighted by atomic mass is 35.5. The van der Waals surface area contributed by atoms with Gasteiger partial charge in [0.15, 0.2) is 11.5 Å². The molecule has 1 aliphatic heterocycles. The van der Waals surface area contributed by atoms with E-state index < -0.39 is 23.5 Å². The lowest BCUT2D eigenvalue weighted by Gasteiger charge is -2.23. The molecule has 2 heterocycles. The molecule has 0 spiro atoms. The van der Waals surface area contributed by atoms with Gasteiger partial charge in [-0.3, -0.25) is 9.59 Å². The van der Waals surface area contributed by atoms with Crippen molar-refractivity contribution in [3.63, 3.8) is 0 Å². The van der Waals surface area contributed by atoms with Crippen LogP contribution in [0.4, 0.5) is 0 Å². The summed E-state index contributed by atoms with van der Waals surface area (Å²) in [5, 5.41) is 11.3. The van der Waals surface area contributed by atoms with Crippen molar-refractivity contribution < 1.29 is 33.3 Å². The standard InChI is InChI=1S/C21H21Cl2NO7/c1-10-5-6-13(31-10)16-14(18(26)21(27)24(16)7-8-28-2)17(25)11-9-12(22)20(30-4)15(23)19(11)29-3/h5-6,9,16,25H,7-8H2,1-4H3/b17-14+. The van der Waals surface area contributed by atoms with E-state index in [2.05, 4.69) is 0 Å². The maximum atomic E-state index is 13.0. The van der Waals surface area contributed by atoms with E-state index in [1.54, 1.807) is 19.1 Å². The number of furan rings is 1. The normalized spacial score (nSPS) is 18.0. The maximum absolute atomic E-state index is 13.0. The van der Waals surface area contributed by atoms with Crippen LogP contribution in [0.25, 0.3) is 5.76 Å². The number of halogens is 2. The van der Waals surface area contributed by atoms with Crippen molar-refractivity contribution in [1.82, 2.24) is 4.90 Å². The van der Waals surface area contributed by atoms with Crippen molar-refractivity contribution in [3.05, 3.63) is 50.9 Å². The summed E-state index contributed by atoms with van der Waals surface area (Å²) in [6.07, 6.45) is 0. The number of carbonyl (C=O) groups is 2. The number of Topliss-reactive ketones (excluding diaryl/α,β-unsaturated/α-hetero) is 1. The van der Waals surface area contributed by atoms with Crippen LogP contribution in [0.15, 0.2) is 28.2 Å². The van der Waals surface area contributed by atoms with Crippen LogP contribution in [0, 0.1) is 6.92 Å². The number of aliphatic hydroxyl groups is 1. The topological polar surface area (TPSA) is 98.4 Å². The highest BCUT2D eigenvalue weighted by molar-refractivity contribution is 6.47. The van der Waals surface area contributed by atoms with Crippen LogP contribution in [0.3, 0.4) is 0 Å². The Hall–Kier alpha value is -2.68. The highest BCUT2D eigenvalue weighted by Gasteiger charge is 2.47. The first-order chi connectivity index (χ1) is 14.8. The predicted octanol–water partition coefficient (Wildman–Crippen LogP) is 3.98. The number of benzene rings is 1. The third-order valence-corrected chi connectivity index (χ3v) is 5.53. The van der Waals surface area contributed by atoms with E-state index in [0.717, 1.165) is 0 Å². The molecule has 1 aromatic carbocycles. The molecule has 0 radical (unpaired) electrons. The Kier molecular flexibility index (Phi) is 6.83. The van der Waals surface area contributed by atoms with Gasteiger partial charge in [0.05, 0.1) is 37.0 Å². The number of amides is 1.